The number of nitrogens with zero attached hydrogens (tertiary/aromatic N) is 2. The van der Waals surface area contributed by atoms with Gasteiger partial charge in [0.25, 0.3) is 0 Å². The minimum absolute atomic E-state index is 0.0504. The summed E-state index contributed by atoms with van der Waals surface area (Å²) >= 11 is 0. The lowest BCUT2D eigenvalue weighted by molar-refractivity contribution is -0.142. The summed E-state index contributed by atoms with van der Waals surface area (Å²) < 4.78 is 14.8. The molecular formula is C19H24FN3O3. The minimum atomic E-state index is -1.03. The zero-order valence-electron chi connectivity index (χ0n) is 15.3. The lowest BCUT2D eigenvalue weighted by atomic mass is 10.1. The summed E-state index contributed by atoms with van der Waals surface area (Å²) in [4.78, 5) is 23.6. The van der Waals surface area contributed by atoms with Crippen LogP contribution in [0, 0.1) is 19.7 Å². The summed E-state index contributed by atoms with van der Waals surface area (Å²) in [6, 6.07) is 5.05. The van der Waals surface area contributed by atoms with Gasteiger partial charge in [-0.05, 0) is 44.5 Å². The monoisotopic (exact) mass is 361 g/mol. The van der Waals surface area contributed by atoms with Crippen molar-refractivity contribution >= 4 is 11.9 Å². The van der Waals surface area contributed by atoms with Gasteiger partial charge in [-0.15, -0.1) is 0 Å². The number of unbranched alkanes of at least 4 members (excludes halogenated alkanes) is 1. The molecule has 2 aromatic rings. The first-order valence-corrected chi connectivity index (χ1v) is 8.66. The lowest BCUT2D eigenvalue weighted by Crippen LogP contribution is -2.41. The van der Waals surface area contributed by atoms with Gasteiger partial charge in [0.15, 0.2) is 0 Å². The predicted octanol–water partition coefficient (Wildman–Crippen LogP) is 2.93. The molecule has 26 heavy (non-hydrogen) atoms. The summed E-state index contributed by atoms with van der Waals surface area (Å²) in [5, 5.41) is 16.2. The Hall–Kier alpha value is -2.70. The van der Waals surface area contributed by atoms with Gasteiger partial charge in [0, 0.05) is 11.3 Å². The van der Waals surface area contributed by atoms with Crippen LogP contribution in [0.15, 0.2) is 24.3 Å². The van der Waals surface area contributed by atoms with E-state index in [9.17, 15) is 19.1 Å². The predicted molar refractivity (Wildman–Crippen MR) is 95.8 cm³/mol. The summed E-state index contributed by atoms with van der Waals surface area (Å²) in [6.45, 7) is 5.59. The molecule has 0 saturated carbocycles. The Morgan fingerprint density at radius 2 is 1.92 bits per heavy atom. The van der Waals surface area contributed by atoms with Crippen LogP contribution in [-0.2, 0) is 16.0 Å². The smallest absolute Gasteiger partial charge is 0.326 e. The summed E-state index contributed by atoms with van der Waals surface area (Å²) in [5.41, 5.74) is 2.89. The van der Waals surface area contributed by atoms with Gasteiger partial charge in [-0.3, -0.25) is 4.79 Å². The lowest BCUT2D eigenvalue weighted by Gasteiger charge is -2.14. The third-order valence-corrected chi connectivity index (χ3v) is 4.33. The zero-order valence-corrected chi connectivity index (χ0v) is 15.3. The second kappa shape index (κ2) is 8.60. The van der Waals surface area contributed by atoms with Gasteiger partial charge < -0.3 is 10.4 Å². The molecule has 1 atom stereocenters. The average Bonchev–Trinajstić information content (AvgIpc) is 2.87. The van der Waals surface area contributed by atoms with Crippen LogP contribution in [-0.4, -0.2) is 32.8 Å². The molecule has 0 aliphatic rings. The quantitative estimate of drug-likeness (QED) is 0.757. The first-order valence-electron chi connectivity index (χ1n) is 8.66. The van der Waals surface area contributed by atoms with Crippen LogP contribution < -0.4 is 5.32 Å². The molecule has 2 N–H and O–H groups in total. The Bertz CT molecular complexity index is 784. The Kier molecular flexibility index (Phi) is 6.49. The van der Waals surface area contributed by atoms with Crippen molar-refractivity contribution in [2.24, 2.45) is 0 Å². The maximum Gasteiger partial charge on any atom is 0.326 e. The van der Waals surface area contributed by atoms with Gasteiger partial charge in [-0.25, -0.2) is 13.9 Å². The molecule has 1 aromatic carbocycles. The number of carboxylic acid groups (broad SMARTS) is 1. The van der Waals surface area contributed by atoms with Crippen molar-refractivity contribution in [1.29, 1.82) is 0 Å². The van der Waals surface area contributed by atoms with Gasteiger partial charge in [0.2, 0.25) is 5.91 Å². The molecule has 1 amide bonds. The highest BCUT2D eigenvalue weighted by Crippen LogP contribution is 2.19. The van der Waals surface area contributed by atoms with Gasteiger partial charge in [0.05, 0.1) is 17.8 Å². The van der Waals surface area contributed by atoms with Crippen LogP contribution in [0.25, 0.3) is 5.69 Å². The van der Waals surface area contributed by atoms with E-state index in [1.165, 1.54) is 12.1 Å². The molecule has 0 aliphatic heterocycles. The number of aromatic nitrogens is 2. The number of hydrogen-bond acceptors (Lipinski definition) is 3. The largest absolute Gasteiger partial charge is 0.480 e. The highest BCUT2D eigenvalue weighted by molar-refractivity contribution is 5.85. The highest BCUT2D eigenvalue weighted by Gasteiger charge is 2.21. The fraction of sp³-hybridized carbons (Fsp3) is 0.421. The van der Waals surface area contributed by atoms with E-state index in [2.05, 4.69) is 10.4 Å². The molecule has 2 rings (SSSR count). The number of carbonyl (C=O) groups excluding carboxylic acids is 1. The molecule has 140 valence electrons. The molecule has 1 unspecified atom stereocenters. The molecule has 0 saturated heterocycles. The Balaban J connectivity index is 2.15. The highest BCUT2D eigenvalue weighted by atomic mass is 19.1. The number of carboxylic acids is 1. The third kappa shape index (κ3) is 4.68. The molecule has 1 heterocycles. The van der Waals surface area contributed by atoms with Crippen LogP contribution >= 0.6 is 0 Å². The number of nitrogens with one attached hydrogen (secondary N) is 1. The second-order valence-corrected chi connectivity index (χ2v) is 6.31. The number of amides is 1. The van der Waals surface area contributed by atoms with E-state index >= 15 is 0 Å². The molecule has 0 spiro atoms. The van der Waals surface area contributed by atoms with E-state index in [-0.39, 0.29) is 18.1 Å². The summed E-state index contributed by atoms with van der Waals surface area (Å²) in [6.07, 6.45) is 2.05. The van der Waals surface area contributed by atoms with Gasteiger partial charge in [0.1, 0.15) is 11.9 Å². The SMILES string of the molecule is CCCCC(NC(=O)Cc1c(C)nn(-c2ccc(F)cc2)c1C)C(=O)O. The molecule has 0 bridgehead atoms. The van der Waals surface area contributed by atoms with Crippen LogP contribution in [0.5, 0.6) is 0 Å². The van der Waals surface area contributed by atoms with E-state index in [1.54, 1.807) is 23.7 Å². The van der Waals surface area contributed by atoms with Gasteiger partial charge >= 0.3 is 5.97 Å². The minimum Gasteiger partial charge on any atom is -0.480 e. The van der Waals surface area contributed by atoms with Crippen molar-refractivity contribution < 1.29 is 19.1 Å². The second-order valence-electron chi connectivity index (χ2n) is 6.31. The molecule has 6 nitrogen and oxygen atoms in total. The Labute approximate surface area is 152 Å². The number of carbonyl (C=O) groups is 2. The zero-order chi connectivity index (χ0) is 19.3. The van der Waals surface area contributed by atoms with Crippen molar-refractivity contribution in [1.82, 2.24) is 15.1 Å². The van der Waals surface area contributed by atoms with Crippen LogP contribution in [0.3, 0.4) is 0 Å². The standard InChI is InChI=1S/C19H24FN3O3/c1-4-5-6-17(19(25)26)21-18(24)11-16-12(2)22-23(13(16)3)15-9-7-14(20)8-10-15/h7-10,17H,4-6,11H2,1-3H3,(H,21,24)(H,25,26). The average molecular weight is 361 g/mol. The summed E-state index contributed by atoms with van der Waals surface area (Å²) in [7, 11) is 0. The van der Waals surface area contributed by atoms with E-state index in [0.717, 1.165) is 24.1 Å². The van der Waals surface area contributed by atoms with Crippen LogP contribution in [0.4, 0.5) is 4.39 Å². The van der Waals surface area contributed by atoms with E-state index in [4.69, 9.17) is 0 Å². The number of halogens is 1. The number of aryl methyl sites for hydroxylation is 1. The fourth-order valence-corrected chi connectivity index (χ4v) is 2.84. The van der Waals surface area contributed by atoms with Gasteiger partial charge in [-0.2, -0.15) is 5.10 Å². The maximum atomic E-state index is 13.1. The topological polar surface area (TPSA) is 84.2 Å². The molecule has 1 aromatic heterocycles. The molecule has 0 fully saturated rings. The van der Waals surface area contributed by atoms with Crippen molar-refractivity contribution in [3.8, 4) is 5.69 Å². The molecular weight excluding hydrogens is 337 g/mol. The number of rotatable bonds is 8. The Morgan fingerprint density at radius 1 is 1.27 bits per heavy atom. The van der Waals surface area contributed by atoms with Gasteiger partial charge in [-0.1, -0.05) is 19.8 Å². The number of benzene rings is 1. The van der Waals surface area contributed by atoms with E-state index in [0.29, 0.717) is 17.8 Å². The normalized spacial score (nSPS) is 12.0. The maximum absolute atomic E-state index is 13.1. The van der Waals surface area contributed by atoms with E-state index < -0.39 is 12.0 Å². The van der Waals surface area contributed by atoms with Crippen molar-refractivity contribution in [3.63, 3.8) is 0 Å². The molecule has 7 heteroatoms. The fourth-order valence-electron chi connectivity index (χ4n) is 2.84. The number of hydrogen-bond donors (Lipinski definition) is 2. The molecule has 0 radical (unpaired) electrons. The van der Waals surface area contributed by atoms with Crippen molar-refractivity contribution in [2.75, 3.05) is 0 Å². The van der Waals surface area contributed by atoms with Crippen LogP contribution in [0.2, 0.25) is 0 Å². The van der Waals surface area contributed by atoms with Crippen molar-refractivity contribution in [2.45, 2.75) is 52.5 Å². The van der Waals surface area contributed by atoms with Crippen LogP contribution in [0.1, 0.15) is 43.1 Å². The molecule has 0 aliphatic carbocycles. The first-order chi connectivity index (χ1) is 12.3. The van der Waals surface area contributed by atoms with Crippen molar-refractivity contribution in [3.05, 3.63) is 47.0 Å². The summed E-state index contributed by atoms with van der Waals surface area (Å²) in [5.74, 6) is -1.71. The van der Waals surface area contributed by atoms with E-state index in [1.807, 2.05) is 13.8 Å². The first kappa shape index (κ1) is 19.6. The Morgan fingerprint density at radius 3 is 2.50 bits per heavy atom. The number of aliphatic carboxylic acids is 1. The third-order valence-electron chi connectivity index (χ3n) is 4.33.